The summed E-state index contributed by atoms with van der Waals surface area (Å²) in [6.45, 7) is 4.12. The van der Waals surface area contributed by atoms with Crippen LogP contribution in [-0.2, 0) is 10.8 Å². The molecule has 0 fully saturated rings. The highest BCUT2D eigenvalue weighted by Crippen LogP contribution is 1.81. The number of hydrogen-bond donors (Lipinski definition) is 1. The summed E-state index contributed by atoms with van der Waals surface area (Å²) < 4.78 is 10.5. The van der Waals surface area contributed by atoms with Crippen LogP contribution in [0.2, 0.25) is 0 Å². The molecule has 0 aromatic heterocycles. The normalized spacial score (nSPS) is 13.4. The van der Waals surface area contributed by atoms with Gasteiger partial charge in [-0.15, -0.1) is 0 Å². The van der Waals surface area contributed by atoms with Gasteiger partial charge in [0.15, 0.2) is 0 Å². The van der Waals surface area contributed by atoms with Gasteiger partial charge in [0.25, 0.3) is 0 Å². The lowest BCUT2D eigenvalue weighted by atomic mass is 10.3. The number of rotatable bonds is 6. The molecule has 1 atom stereocenters. The monoisotopic (exact) mass is 163 g/mol. The van der Waals surface area contributed by atoms with E-state index in [1.54, 1.807) is 6.26 Å². The van der Waals surface area contributed by atoms with Gasteiger partial charge in [-0.05, 0) is 13.0 Å². The maximum absolute atomic E-state index is 10.5. The van der Waals surface area contributed by atoms with Gasteiger partial charge in [-0.1, -0.05) is 13.3 Å². The Morgan fingerprint density at radius 1 is 1.40 bits per heavy atom. The van der Waals surface area contributed by atoms with E-state index in [1.165, 1.54) is 12.8 Å². The van der Waals surface area contributed by atoms with Gasteiger partial charge < -0.3 is 5.32 Å². The standard InChI is InChI=1S/C7H17NOS/c1-3-4-5-8-6-7-10(2)9/h8H,3-7H2,1-2H3. The lowest BCUT2D eigenvalue weighted by Gasteiger charge is -2.00. The predicted octanol–water partition coefficient (Wildman–Crippen LogP) is 0.755. The van der Waals surface area contributed by atoms with E-state index in [4.69, 9.17) is 0 Å². The summed E-state index contributed by atoms with van der Waals surface area (Å²) in [5.41, 5.74) is 0. The van der Waals surface area contributed by atoms with Crippen LogP contribution in [0.4, 0.5) is 0 Å². The molecule has 0 radical (unpaired) electrons. The lowest BCUT2D eigenvalue weighted by molar-refractivity contribution is 0.654. The molecular weight excluding hydrogens is 146 g/mol. The minimum Gasteiger partial charge on any atom is -0.316 e. The van der Waals surface area contributed by atoms with Crippen molar-refractivity contribution in [3.8, 4) is 0 Å². The molecule has 0 aromatic carbocycles. The van der Waals surface area contributed by atoms with E-state index in [0.29, 0.717) is 0 Å². The van der Waals surface area contributed by atoms with Crippen molar-refractivity contribution in [2.75, 3.05) is 25.1 Å². The second-order valence-corrected chi connectivity index (χ2v) is 3.94. The van der Waals surface area contributed by atoms with Gasteiger partial charge in [0.2, 0.25) is 0 Å². The van der Waals surface area contributed by atoms with Crippen LogP contribution in [0.1, 0.15) is 19.8 Å². The summed E-state index contributed by atoms with van der Waals surface area (Å²) in [5.74, 6) is 0.781. The van der Waals surface area contributed by atoms with Gasteiger partial charge >= 0.3 is 0 Å². The van der Waals surface area contributed by atoms with Crippen LogP contribution in [0.5, 0.6) is 0 Å². The van der Waals surface area contributed by atoms with E-state index in [-0.39, 0.29) is 0 Å². The van der Waals surface area contributed by atoms with Crippen LogP contribution < -0.4 is 5.32 Å². The number of unbranched alkanes of at least 4 members (excludes halogenated alkanes) is 1. The second-order valence-electron chi connectivity index (χ2n) is 2.38. The maximum Gasteiger partial charge on any atom is 0.0357 e. The lowest BCUT2D eigenvalue weighted by Crippen LogP contribution is -2.20. The Labute approximate surface area is 65.9 Å². The van der Waals surface area contributed by atoms with E-state index in [1.807, 2.05) is 0 Å². The van der Waals surface area contributed by atoms with Gasteiger partial charge in [-0.25, -0.2) is 0 Å². The van der Waals surface area contributed by atoms with Crippen LogP contribution in [0, 0.1) is 0 Å². The molecule has 3 heteroatoms. The summed E-state index contributed by atoms with van der Waals surface area (Å²) in [6.07, 6.45) is 4.18. The molecule has 0 spiro atoms. The minimum atomic E-state index is -0.633. The summed E-state index contributed by atoms with van der Waals surface area (Å²) in [6, 6.07) is 0. The van der Waals surface area contributed by atoms with Crippen LogP contribution in [-0.4, -0.2) is 29.3 Å². The highest BCUT2D eigenvalue weighted by atomic mass is 32.2. The van der Waals surface area contributed by atoms with Gasteiger partial charge in [0.1, 0.15) is 0 Å². The Balaban J connectivity index is 2.84. The zero-order chi connectivity index (χ0) is 7.82. The second kappa shape index (κ2) is 7.22. The zero-order valence-electron chi connectivity index (χ0n) is 6.85. The van der Waals surface area contributed by atoms with Crippen molar-refractivity contribution in [2.45, 2.75) is 19.8 Å². The highest BCUT2D eigenvalue weighted by molar-refractivity contribution is 7.84. The Kier molecular flexibility index (Phi) is 7.30. The first kappa shape index (κ1) is 10.1. The summed E-state index contributed by atoms with van der Waals surface area (Å²) >= 11 is 0. The van der Waals surface area contributed by atoms with Crippen LogP contribution >= 0.6 is 0 Å². The molecule has 0 aromatic rings. The van der Waals surface area contributed by atoms with Gasteiger partial charge in [-0.2, -0.15) is 0 Å². The molecule has 0 saturated heterocycles. The Hall–Kier alpha value is 0.110. The van der Waals surface area contributed by atoms with Crippen molar-refractivity contribution in [3.05, 3.63) is 0 Å². The predicted molar refractivity (Wildman–Crippen MR) is 46.7 cm³/mol. The SMILES string of the molecule is CCCCNCCS(C)=O. The smallest absolute Gasteiger partial charge is 0.0357 e. The topological polar surface area (TPSA) is 29.1 Å². The Bertz CT molecular complexity index is 95.6. The summed E-state index contributed by atoms with van der Waals surface area (Å²) in [5, 5.41) is 3.22. The van der Waals surface area contributed by atoms with E-state index < -0.39 is 10.8 Å². The summed E-state index contributed by atoms with van der Waals surface area (Å²) in [4.78, 5) is 0. The van der Waals surface area contributed by atoms with Gasteiger partial charge in [-0.3, -0.25) is 4.21 Å². The van der Waals surface area contributed by atoms with Crippen molar-refractivity contribution >= 4 is 10.8 Å². The molecule has 1 N–H and O–H groups in total. The van der Waals surface area contributed by atoms with Crippen molar-refractivity contribution in [3.63, 3.8) is 0 Å². The molecule has 0 aliphatic carbocycles. The van der Waals surface area contributed by atoms with E-state index >= 15 is 0 Å². The molecule has 0 rings (SSSR count). The van der Waals surface area contributed by atoms with Crippen molar-refractivity contribution in [1.29, 1.82) is 0 Å². The third-order valence-corrected chi connectivity index (χ3v) is 2.05. The third kappa shape index (κ3) is 8.11. The highest BCUT2D eigenvalue weighted by Gasteiger charge is 1.89. The third-order valence-electron chi connectivity index (χ3n) is 1.27. The van der Waals surface area contributed by atoms with Crippen LogP contribution in [0.25, 0.3) is 0 Å². The molecule has 0 amide bonds. The quantitative estimate of drug-likeness (QED) is 0.586. The fraction of sp³-hybridized carbons (Fsp3) is 1.00. The van der Waals surface area contributed by atoms with Crippen molar-refractivity contribution < 1.29 is 4.21 Å². The molecule has 2 nitrogen and oxygen atoms in total. The first-order chi connectivity index (χ1) is 4.77. The van der Waals surface area contributed by atoms with Crippen LogP contribution in [0.15, 0.2) is 0 Å². The van der Waals surface area contributed by atoms with E-state index in [2.05, 4.69) is 12.2 Å². The molecule has 1 unspecified atom stereocenters. The molecule has 0 bridgehead atoms. The van der Waals surface area contributed by atoms with E-state index in [9.17, 15) is 4.21 Å². The summed E-state index contributed by atoms with van der Waals surface area (Å²) in [7, 11) is -0.633. The van der Waals surface area contributed by atoms with Gasteiger partial charge in [0, 0.05) is 29.4 Å². The molecule has 62 valence electrons. The average Bonchev–Trinajstić information content (AvgIpc) is 1.87. The minimum absolute atomic E-state index is 0.633. The van der Waals surface area contributed by atoms with Gasteiger partial charge in [0.05, 0.1) is 0 Å². The molecule has 10 heavy (non-hydrogen) atoms. The zero-order valence-corrected chi connectivity index (χ0v) is 7.67. The van der Waals surface area contributed by atoms with Crippen molar-refractivity contribution in [1.82, 2.24) is 5.32 Å². The number of hydrogen-bond acceptors (Lipinski definition) is 2. The molecule has 0 heterocycles. The average molecular weight is 163 g/mol. The number of nitrogens with one attached hydrogen (secondary N) is 1. The fourth-order valence-electron chi connectivity index (χ4n) is 0.643. The van der Waals surface area contributed by atoms with Crippen molar-refractivity contribution in [2.24, 2.45) is 0 Å². The molecular formula is C7H17NOS. The largest absolute Gasteiger partial charge is 0.316 e. The Morgan fingerprint density at radius 3 is 2.60 bits per heavy atom. The molecule has 0 aliphatic rings. The molecule has 0 aliphatic heterocycles. The first-order valence-corrected chi connectivity index (χ1v) is 5.50. The fourth-order valence-corrected chi connectivity index (χ4v) is 1.07. The first-order valence-electron chi connectivity index (χ1n) is 3.78. The van der Waals surface area contributed by atoms with E-state index in [0.717, 1.165) is 18.8 Å². The molecule has 0 saturated carbocycles. The Morgan fingerprint density at radius 2 is 2.10 bits per heavy atom. The van der Waals surface area contributed by atoms with Crippen LogP contribution in [0.3, 0.4) is 0 Å². The maximum atomic E-state index is 10.5.